The monoisotopic (exact) mass is 227 g/mol. The first kappa shape index (κ1) is 10.3. The average molecular weight is 227 g/mol. The van der Waals surface area contributed by atoms with Gasteiger partial charge in [-0.25, -0.2) is 0 Å². The topological polar surface area (TPSA) is 72.6 Å². The molecular weight excluding hydrogens is 210 g/mol. The molecule has 0 saturated heterocycles. The summed E-state index contributed by atoms with van der Waals surface area (Å²) in [6.45, 7) is 1.90. The zero-order valence-electron chi connectivity index (χ0n) is 9.39. The van der Waals surface area contributed by atoms with Gasteiger partial charge in [0.2, 0.25) is 0 Å². The molecule has 4 rings (SSSR count). The second-order valence-corrected chi connectivity index (χ2v) is 5.99. The fourth-order valence-corrected chi connectivity index (χ4v) is 4.59. The van der Waals surface area contributed by atoms with Gasteiger partial charge < -0.3 is 9.94 Å². The molecule has 0 aromatic heterocycles. The van der Waals surface area contributed by atoms with Crippen LogP contribution in [0.3, 0.4) is 0 Å². The van der Waals surface area contributed by atoms with Crippen molar-refractivity contribution in [3.63, 3.8) is 0 Å². The van der Waals surface area contributed by atoms with E-state index in [2.05, 4.69) is 0 Å². The minimum absolute atomic E-state index is 0.127. The summed E-state index contributed by atoms with van der Waals surface area (Å²) in [6.07, 6.45) is 4.20. The summed E-state index contributed by atoms with van der Waals surface area (Å²) in [7, 11) is 0. The number of aliphatic hydroxyl groups is 1. The maximum atomic E-state index is 10.6. The Kier molecular flexibility index (Phi) is 1.86. The zero-order valence-corrected chi connectivity index (χ0v) is 9.39. The van der Waals surface area contributed by atoms with Gasteiger partial charge in [-0.1, -0.05) is 6.92 Å². The van der Waals surface area contributed by atoms with E-state index in [9.17, 15) is 15.2 Å². The first-order valence-corrected chi connectivity index (χ1v) is 5.99. The van der Waals surface area contributed by atoms with Gasteiger partial charge in [0.05, 0.1) is 5.60 Å². The van der Waals surface area contributed by atoms with Gasteiger partial charge in [-0.3, -0.25) is 0 Å². The quantitative estimate of drug-likeness (QED) is 0.573. The lowest BCUT2D eigenvalue weighted by atomic mass is 9.48. The molecule has 5 heteroatoms. The number of hydrogen-bond donors (Lipinski definition) is 1. The second-order valence-electron chi connectivity index (χ2n) is 5.99. The van der Waals surface area contributed by atoms with Crippen LogP contribution in [0.5, 0.6) is 0 Å². The molecule has 0 heterocycles. The van der Waals surface area contributed by atoms with E-state index in [0.29, 0.717) is 11.8 Å². The first-order valence-electron chi connectivity index (χ1n) is 5.99. The maximum absolute atomic E-state index is 10.6. The third-order valence-electron chi connectivity index (χ3n) is 5.07. The lowest BCUT2D eigenvalue weighted by Gasteiger charge is -2.62. The minimum atomic E-state index is -0.722. The summed E-state index contributed by atoms with van der Waals surface area (Å²) >= 11 is 0. The van der Waals surface area contributed by atoms with Crippen molar-refractivity contribution in [3.8, 4) is 0 Å². The van der Waals surface area contributed by atoms with Crippen molar-refractivity contribution < 1.29 is 15.0 Å². The van der Waals surface area contributed by atoms with Gasteiger partial charge >= 0.3 is 0 Å². The van der Waals surface area contributed by atoms with Gasteiger partial charge in [-0.05, 0) is 43.9 Å². The molecule has 4 fully saturated rings. The highest BCUT2D eigenvalue weighted by Gasteiger charge is 2.63. The van der Waals surface area contributed by atoms with Crippen molar-refractivity contribution in [3.05, 3.63) is 10.1 Å². The van der Waals surface area contributed by atoms with Crippen LogP contribution in [-0.2, 0) is 4.84 Å². The fourth-order valence-electron chi connectivity index (χ4n) is 4.59. The van der Waals surface area contributed by atoms with Gasteiger partial charge in [0.1, 0.15) is 5.60 Å². The SMILES string of the molecule is CC1C2(O)CC3CC(C2)CC1(O[N+](=O)[O-])C3. The van der Waals surface area contributed by atoms with Gasteiger partial charge in [-0.2, -0.15) is 0 Å². The maximum Gasteiger partial charge on any atom is 0.295 e. The summed E-state index contributed by atoms with van der Waals surface area (Å²) in [4.78, 5) is 15.6. The summed E-state index contributed by atoms with van der Waals surface area (Å²) in [5.74, 6) is 0.695. The highest BCUT2D eigenvalue weighted by atomic mass is 17.0. The van der Waals surface area contributed by atoms with Crippen molar-refractivity contribution in [1.82, 2.24) is 0 Å². The largest absolute Gasteiger partial charge is 0.390 e. The van der Waals surface area contributed by atoms with E-state index in [1.807, 2.05) is 6.92 Å². The standard InChI is InChI=1S/C11H17NO4/c1-7-10(13)3-8-2-9(4-10)6-11(7,5-8)16-12(14)15/h7-9,13H,2-6H2,1H3. The van der Waals surface area contributed by atoms with E-state index in [0.717, 1.165) is 32.1 Å². The highest BCUT2D eigenvalue weighted by molar-refractivity contribution is 5.13. The average Bonchev–Trinajstić information content (AvgIpc) is 2.11. The predicted octanol–water partition coefficient (Wildman–Crippen LogP) is 1.52. The van der Waals surface area contributed by atoms with Crippen LogP contribution in [0.1, 0.15) is 39.0 Å². The van der Waals surface area contributed by atoms with Gasteiger partial charge in [0.15, 0.2) is 0 Å². The van der Waals surface area contributed by atoms with Crippen molar-refractivity contribution in [2.45, 2.75) is 50.2 Å². The molecule has 0 amide bonds. The van der Waals surface area contributed by atoms with E-state index in [1.165, 1.54) is 0 Å². The Morgan fingerprint density at radius 1 is 1.31 bits per heavy atom. The van der Waals surface area contributed by atoms with Gasteiger partial charge in [-0.15, -0.1) is 10.1 Å². The Morgan fingerprint density at radius 2 is 1.88 bits per heavy atom. The molecule has 4 aliphatic carbocycles. The van der Waals surface area contributed by atoms with Crippen LogP contribution in [0.2, 0.25) is 0 Å². The van der Waals surface area contributed by atoms with E-state index in [4.69, 9.17) is 4.84 Å². The molecule has 3 unspecified atom stereocenters. The fraction of sp³-hybridized carbons (Fsp3) is 1.00. The molecule has 0 radical (unpaired) electrons. The molecule has 1 N–H and O–H groups in total. The van der Waals surface area contributed by atoms with Gasteiger partial charge in [0, 0.05) is 5.92 Å². The molecule has 0 spiro atoms. The summed E-state index contributed by atoms with van der Waals surface area (Å²) in [5, 5.41) is 20.5. The molecule has 90 valence electrons. The van der Waals surface area contributed by atoms with Crippen molar-refractivity contribution in [2.24, 2.45) is 17.8 Å². The lowest BCUT2D eigenvalue weighted by molar-refractivity contribution is -0.788. The zero-order chi connectivity index (χ0) is 11.6. The number of rotatable bonds is 2. The number of hydrogen-bond acceptors (Lipinski definition) is 4. The highest BCUT2D eigenvalue weighted by Crippen LogP contribution is 2.61. The molecular formula is C11H17NO4. The molecule has 4 aliphatic rings. The third-order valence-corrected chi connectivity index (χ3v) is 5.07. The summed E-state index contributed by atoms with van der Waals surface area (Å²) in [5.41, 5.74) is -1.43. The van der Waals surface area contributed by atoms with Crippen LogP contribution in [0.25, 0.3) is 0 Å². The Hall–Kier alpha value is -0.840. The molecule has 4 bridgehead atoms. The van der Waals surface area contributed by atoms with Crippen molar-refractivity contribution in [1.29, 1.82) is 0 Å². The Morgan fingerprint density at radius 3 is 2.38 bits per heavy atom. The smallest absolute Gasteiger partial charge is 0.295 e. The van der Waals surface area contributed by atoms with Gasteiger partial charge in [0.25, 0.3) is 5.09 Å². The molecule has 3 atom stereocenters. The van der Waals surface area contributed by atoms with Crippen molar-refractivity contribution in [2.75, 3.05) is 0 Å². The Labute approximate surface area is 93.9 Å². The molecule has 0 aromatic carbocycles. The van der Waals surface area contributed by atoms with Crippen LogP contribution in [0, 0.1) is 27.9 Å². The molecule has 0 aliphatic heterocycles. The Bertz CT molecular complexity index is 329. The predicted molar refractivity (Wildman–Crippen MR) is 55.0 cm³/mol. The van der Waals surface area contributed by atoms with Crippen molar-refractivity contribution >= 4 is 0 Å². The Balaban J connectivity index is 1.96. The first-order chi connectivity index (χ1) is 7.43. The minimum Gasteiger partial charge on any atom is -0.390 e. The van der Waals surface area contributed by atoms with Crippen LogP contribution in [-0.4, -0.2) is 21.4 Å². The van der Waals surface area contributed by atoms with E-state index in [1.54, 1.807) is 0 Å². The van der Waals surface area contributed by atoms with Crippen LogP contribution >= 0.6 is 0 Å². The molecule has 4 saturated carbocycles. The summed E-state index contributed by atoms with van der Waals surface area (Å²) in [6, 6.07) is 0. The molecule has 5 nitrogen and oxygen atoms in total. The van der Waals surface area contributed by atoms with Crippen LogP contribution < -0.4 is 0 Å². The second kappa shape index (κ2) is 2.88. The molecule has 0 aromatic rings. The third kappa shape index (κ3) is 1.21. The van der Waals surface area contributed by atoms with Crippen LogP contribution in [0.15, 0.2) is 0 Å². The van der Waals surface area contributed by atoms with E-state index in [-0.39, 0.29) is 5.92 Å². The van der Waals surface area contributed by atoms with E-state index < -0.39 is 16.3 Å². The van der Waals surface area contributed by atoms with Crippen LogP contribution in [0.4, 0.5) is 0 Å². The van der Waals surface area contributed by atoms with E-state index >= 15 is 0 Å². The normalized spacial score (nSPS) is 54.0. The number of nitrogens with zero attached hydrogens (tertiary/aromatic N) is 1. The lowest BCUT2D eigenvalue weighted by Crippen LogP contribution is -2.66. The molecule has 16 heavy (non-hydrogen) atoms. The summed E-state index contributed by atoms with van der Waals surface area (Å²) < 4.78 is 0.